The maximum atomic E-state index is 12.6. The highest BCUT2D eigenvalue weighted by atomic mass is 32.2. The summed E-state index contributed by atoms with van der Waals surface area (Å²) >= 11 is 1.23. The number of nitrogens with two attached hydrogens (primary N) is 1. The van der Waals surface area contributed by atoms with Crippen LogP contribution in [0.4, 0.5) is 0 Å². The van der Waals surface area contributed by atoms with Crippen molar-refractivity contribution in [2.75, 3.05) is 7.05 Å². The molecule has 0 fully saturated rings. The van der Waals surface area contributed by atoms with Gasteiger partial charge in [-0.25, -0.2) is 8.42 Å². The van der Waals surface area contributed by atoms with Gasteiger partial charge in [0.1, 0.15) is 4.21 Å². The average Bonchev–Trinajstić information content (AvgIpc) is 2.80. The summed E-state index contributed by atoms with van der Waals surface area (Å²) in [4.78, 5) is 5.24. The smallest absolute Gasteiger partial charge is 0.252 e. The quantitative estimate of drug-likeness (QED) is 0.912. The van der Waals surface area contributed by atoms with Crippen LogP contribution in [0.5, 0.6) is 0 Å². The van der Waals surface area contributed by atoms with Crippen LogP contribution in [-0.2, 0) is 23.1 Å². The van der Waals surface area contributed by atoms with Crippen molar-refractivity contribution < 1.29 is 8.42 Å². The second kappa shape index (κ2) is 6.23. The fourth-order valence-corrected chi connectivity index (χ4v) is 4.79. The van der Waals surface area contributed by atoms with Gasteiger partial charge in [0.2, 0.25) is 0 Å². The monoisotopic (exact) mass is 325 g/mol. The van der Waals surface area contributed by atoms with Crippen LogP contribution in [0.3, 0.4) is 0 Å². The molecule has 0 radical (unpaired) electrons. The highest BCUT2D eigenvalue weighted by Gasteiger charge is 2.24. The molecule has 7 heteroatoms. The molecule has 0 saturated carbocycles. The van der Waals surface area contributed by atoms with E-state index in [1.165, 1.54) is 15.6 Å². The van der Waals surface area contributed by atoms with Crippen LogP contribution >= 0.6 is 11.3 Å². The first-order valence-electron chi connectivity index (χ1n) is 6.53. The molecule has 21 heavy (non-hydrogen) atoms. The van der Waals surface area contributed by atoms with E-state index >= 15 is 0 Å². The SMILES string of the molecule is Cc1cccc(CN(C)S(=O)(=O)c2cc(C)c(CN)s2)n1. The zero-order valence-electron chi connectivity index (χ0n) is 12.3. The van der Waals surface area contributed by atoms with Gasteiger partial charge in [0, 0.05) is 24.2 Å². The number of aromatic nitrogens is 1. The standard InChI is InChI=1S/C14H19N3O2S2/c1-10-7-14(20-13(10)8-15)21(18,19)17(3)9-12-6-4-5-11(2)16-12/h4-7H,8-9,15H2,1-3H3. The number of hydrogen-bond donors (Lipinski definition) is 1. The lowest BCUT2D eigenvalue weighted by molar-refractivity contribution is 0.463. The number of aryl methyl sites for hydroxylation is 2. The van der Waals surface area contributed by atoms with E-state index in [-0.39, 0.29) is 6.54 Å². The first-order chi connectivity index (χ1) is 9.84. The Morgan fingerprint density at radius 1 is 1.33 bits per heavy atom. The first-order valence-corrected chi connectivity index (χ1v) is 8.78. The van der Waals surface area contributed by atoms with E-state index in [2.05, 4.69) is 4.98 Å². The lowest BCUT2D eigenvalue weighted by Crippen LogP contribution is -2.26. The molecule has 2 rings (SSSR count). The largest absolute Gasteiger partial charge is 0.326 e. The predicted molar refractivity (Wildman–Crippen MR) is 84.6 cm³/mol. The number of pyridine rings is 1. The van der Waals surface area contributed by atoms with Gasteiger partial charge in [-0.1, -0.05) is 6.07 Å². The van der Waals surface area contributed by atoms with Crippen LogP contribution in [0.25, 0.3) is 0 Å². The maximum absolute atomic E-state index is 12.6. The van der Waals surface area contributed by atoms with Crippen LogP contribution in [0, 0.1) is 13.8 Å². The molecule has 5 nitrogen and oxygen atoms in total. The van der Waals surface area contributed by atoms with Crippen molar-refractivity contribution in [2.45, 2.75) is 31.1 Å². The number of hydrogen-bond acceptors (Lipinski definition) is 5. The third-order valence-corrected chi connectivity index (χ3v) is 6.69. The molecule has 0 unspecified atom stereocenters. The first kappa shape index (κ1) is 16.1. The normalized spacial score (nSPS) is 12.0. The van der Waals surface area contributed by atoms with Crippen molar-refractivity contribution in [1.29, 1.82) is 0 Å². The Kier molecular flexibility index (Phi) is 4.77. The van der Waals surface area contributed by atoms with Crippen molar-refractivity contribution >= 4 is 21.4 Å². The van der Waals surface area contributed by atoms with Gasteiger partial charge in [-0.15, -0.1) is 11.3 Å². The van der Waals surface area contributed by atoms with Crippen LogP contribution in [-0.4, -0.2) is 24.8 Å². The minimum atomic E-state index is -3.51. The predicted octanol–water partition coefficient (Wildman–Crippen LogP) is 2.04. The van der Waals surface area contributed by atoms with Gasteiger partial charge >= 0.3 is 0 Å². The summed E-state index contributed by atoms with van der Waals surface area (Å²) in [5.74, 6) is 0. The van der Waals surface area contributed by atoms with Gasteiger partial charge in [-0.2, -0.15) is 4.31 Å². The minimum Gasteiger partial charge on any atom is -0.326 e. The van der Waals surface area contributed by atoms with Crippen molar-refractivity contribution in [3.63, 3.8) is 0 Å². The summed E-state index contributed by atoms with van der Waals surface area (Å²) in [6.45, 7) is 4.36. The minimum absolute atomic E-state index is 0.249. The highest BCUT2D eigenvalue weighted by Crippen LogP contribution is 2.28. The molecular weight excluding hydrogens is 306 g/mol. The van der Waals surface area contributed by atoms with Crippen molar-refractivity contribution in [3.05, 3.63) is 46.1 Å². The highest BCUT2D eigenvalue weighted by molar-refractivity contribution is 7.91. The van der Waals surface area contributed by atoms with E-state index in [0.29, 0.717) is 10.8 Å². The molecule has 0 aromatic carbocycles. The summed E-state index contributed by atoms with van der Waals surface area (Å²) in [6.07, 6.45) is 0. The second-order valence-electron chi connectivity index (χ2n) is 4.91. The van der Waals surface area contributed by atoms with E-state index in [4.69, 9.17) is 5.73 Å². The molecule has 0 spiro atoms. The van der Waals surface area contributed by atoms with Crippen LogP contribution in [0.2, 0.25) is 0 Å². The third kappa shape index (κ3) is 3.49. The third-order valence-electron chi connectivity index (χ3n) is 3.18. The van der Waals surface area contributed by atoms with E-state index in [1.807, 2.05) is 32.0 Å². The fraction of sp³-hybridized carbons (Fsp3) is 0.357. The molecule has 0 aliphatic carbocycles. The van der Waals surface area contributed by atoms with Crippen LogP contribution < -0.4 is 5.73 Å². The van der Waals surface area contributed by atoms with Crippen LogP contribution in [0.1, 0.15) is 21.8 Å². The summed E-state index contributed by atoms with van der Waals surface area (Å²) in [7, 11) is -1.94. The zero-order valence-corrected chi connectivity index (χ0v) is 14.0. The number of thiophene rings is 1. The molecule has 2 aromatic heterocycles. The van der Waals surface area contributed by atoms with Gasteiger partial charge in [0.15, 0.2) is 0 Å². The molecule has 0 aliphatic heterocycles. The van der Waals surface area contributed by atoms with Crippen molar-refractivity contribution in [3.8, 4) is 0 Å². The summed E-state index contributed by atoms with van der Waals surface area (Å²) in [6, 6.07) is 7.26. The molecule has 0 aliphatic rings. The molecular formula is C14H19N3O2S2. The Labute approximate surface area is 129 Å². The van der Waals surface area contributed by atoms with Crippen molar-refractivity contribution in [2.24, 2.45) is 5.73 Å². The Morgan fingerprint density at radius 3 is 2.62 bits per heavy atom. The fourth-order valence-electron chi connectivity index (χ4n) is 1.97. The molecule has 0 saturated heterocycles. The van der Waals surface area contributed by atoms with E-state index in [9.17, 15) is 8.42 Å². The number of rotatable bonds is 5. The summed E-state index contributed by atoms with van der Waals surface area (Å²) < 4.78 is 26.8. The van der Waals surface area contributed by atoms with Gasteiger partial charge in [-0.3, -0.25) is 4.98 Å². The summed E-state index contributed by atoms with van der Waals surface area (Å²) in [5.41, 5.74) is 8.14. The number of nitrogens with zero attached hydrogens (tertiary/aromatic N) is 2. The Hall–Kier alpha value is -1.28. The van der Waals surface area contributed by atoms with E-state index in [0.717, 1.165) is 21.8 Å². The number of sulfonamides is 1. The van der Waals surface area contributed by atoms with Crippen LogP contribution in [0.15, 0.2) is 28.5 Å². The van der Waals surface area contributed by atoms with Crippen molar-refractivity contribution in [1.82, 2.24) is 9.29 Å². The molecule has 2 N–H and O–H groups in total. The van der Waals surface area contributed by atoms with E-state index in [1.54, 1.807) is 13.1 Å². The molecule has 2 heterocycles. The van der Waals surface area contributed by atoms with E-state index < -0.39 is 10.0 Å². The second-order valence-corrected chi connectivity index (χ2v) is 8.32. The molecule has 0 atom stereocenters. The Balaban J connectivity index is 2.26. The zero-order chi connectivity index (χ0) is 15.6. The molecule has 0 bridgehead atoms. The molecule has 114 valence electrons. The molecule has 2 aromatic rings. The average molecular weight is 325 g/mol. The van der Waals surface area contributed by atoms with Gasteiger partial charge in [0.25, 0.3) is 10.0 Å². The summed E-state index contributed by atoms with van der Waals surface area (Å²) in [5, 5.41) is 0. The Bertz CT molecular complexity index is 738. The van der Waals surface area contributed by atoms with Gasteiger partial charge in [-0.05, 0) is 37.6 Å². The lowest BCUT2D eigenvalue weighted by Gasteiger charge is -2.15. The van der Waals surface area contributed by atoms with Gasteiger partial charge in [0.05, 0.1) is 12.2 Å². The lowest BCUT2D eigenvalue weighted by atomic mass is 10.3. The molecule has 0 amide bonds. The van der Waals surface area contributed by atoms with Gasteiger partial charge < -0.3 is 5.73 Å². The topological polar surface area (TPSA) is 76.3 Å². The Morgan fingerprint density at radius 2 is 2.05 bits per heavy atom. The maximum Gasteiger partial charge on any atom is 0.252 e.